The third-order valence-electron chi connectivity index (χ3n) is 2.99. The van der Waals surface area contributed by atoms with Crippen molar-refractivity contribution < 1.29 is 36.4 Å². The molecule has 106 valence electrons. The minimum atomic E-state index is -0.528. The Morgan fingerprint density at radius 3 is 1.60 bits per heavy atom. The molecule has 0 saturated heterocycles. The van der Waals surface area contributed by atoms with Crippen LogP contribution in [0, 0.1) is 20.0 Å². The SMILES string of the molecule is OC1(c2ccccc2)CCCCC1.[C-]#[O+].[C-]#[O+].[C-]#[O+].[Cr]. The largest absolute Gasteiger partial charge is 0 e. The quantitative estimate of drug-likeness (QED) is 0.628. The molecule has 0 spiro atoms. The van der Waals surface area contributed by atoms with E-state index in [9.17, 15) is 5.11 Å². The number of benzene rings is 1. The molecule has 20 heavy (non-hydrogen) atoms. The smallest absolute Gasteiger partial charge is 0 e. The molecule has 1 aliphatic rings. The van der Waals surface area contributed by atoms with E-state index in [2.05, 4.69) is 20.0 Å². The molecule has 5 heteroatoms. The number of hydrogen-bond acceptors (Lipinski definition) is 1. The third kappa shape index (κ3) is 8.17. The maximum absolute atomic E-state index is 10.3. The molecule has 0 bridgehead atoms. The topological polar surface area (TPSA) is 79.9 Å². The zero-order chi connectivity index (χ0) is 15.1. The molecule has 0 aliphatic heterocycles. The van der Waals surface area contributed by atoms with Crippen LogP contribution >= 0.6 is 0 Å². The van der Waals surface area contributed by atoms with Crippen molar-refractivity contribution in [3.63, 3.8) is 0 Å². The first-order chi connectivity index (χ1) is 9.31. The van der Waals surface area contributed by atoms with Crippen LogP contribution in [0.1, 0.15) is 37.7 Å². The second-order valence-corrected chi connectivity index (χ2v) is 3.96. The molecule has 2 rings (SSSR count). The van der Waals surface area contributed by atoms with Gasteiger partial charge in [-0.25, -0.2) is 0 Å². The fourth-order valence-corrected chi connectivity index (χ4v) is 2.17. The standard InChI is InChI=1S/C12H16O.3CO.Cr/c13-12(9-5-2-6-10-12)11-7-3-1-4-8-11;3*1-2;/h1,3-4,7-8,13H,2,5-6,9-10H2;;;;. The molecule has 0 amide bonds. The van der Waals surface area contributed by atoms with Crippen molar-refractivity contribution in [2.75, 3.05) is 0 Å². The van der Waals surface area contributed by atoms with Crippen LogP contribution in [-0.2, 0) is 36.9 Å². The molecule has 0 aromatic heterocycles. The van der Waals surface area contributed by atoms with Crippen LogP contribution in [0.5, 0.6) is 0 Å². The molecule has 1 aromatic carbocycles. The van der Waals surface area contributed by atoms with Crippen LogP contribution < -0.4 is 0 Å². The minimum Gasteiger partial charge on any atom is 0 e. The first kappa shape index (κ1) is 24.0. The van der Waals surface area contributed by atoms with Crippen LogP contribution in [0.3, 0.4) is 0 Å². The summed E-state index contributed by atoms with van der Waals surface area (Å²) in [6.07, 6.45) is 5.44. The second kappa shape index (κ2) is 16.0. The van der Waals surface area contributed by atoms with Gasteiger partial charge in [-0.3, -0.25) is 0 Å². The Balaban J connectivity index is -0.000000368. The summed E-state index contributed by atoms with van der Waals surface area (Å²) in [7, 11) is 0. The normalized spacial score (nSPS) is 14.2. The summed E-state index contributed by atoms with van der Waals surface area (Å²) in [5, 5.41) is 10.3. The molecule has 4 nitrogen and oxygen atoms in total. The van der Waals surface area contributed by atoms with E-state index in [0.717, 1.165) is 31.2 Å². The summed E-state index contributed by atoms with van der Waals surface area (Å²) < 4.78 is 22.5. The molecular weight excluding hydrogens is 296 g/mol. The van der Waals surface area contributed by atoms with Crippen LogP contribution in [0.15, 0.2) is 30.3 Å². The molecule has 0 heterocycles. The molecule has 0 atom stereocenters. The van der Waals surface area contributed by atoms with Gasteiger partial charge in [0, 0.05) is 17.4 Å². The molecule has 1 fully saturated rings. The molecular formula is C15H16CrO4. The molecule has 0 radical (unpaired) electrons. The maximum Gasteiger partial charge on any atom is 0 e. The van der Waals surface area contributed by atoms with Gasteiger partial charge in [-0.2, -0.15) is 0 Å². The van der Waals surface area contributed by atoms with E-state index in [-0.39, 0.29) is 17.4 Å². The van der Waals surface area contributed by atoms with Crippen molar-refractivity contribution in [1.29, 1.82) is 0 Å². The molecule has 1 N–H and O–H groups in total. The van der Waals surface area contributed by atoms with E-state index >= 15 is 0 Å². The van der Waals surface area contributed by atoms with Gasteiger partial charge in [0.25, 0.3) is 0 Å². The van der Waals surface area contributed by atoms with Crippen molar-refractivity contribution in [2.45, 2.75) is 37.7 Å². The summed E-state index contributed by atoms with van der Waals surface area (Å²) >= 11 is 0. The first-order valence-electron chi connectivity index (χ1n) is 5.70. The van der Waals surface area contributed by atoms with E-state index < -0.39 is 5.60 Å². The van der Waals surface area contributed by atoms with Gasteiger partial charge in [-0.1, -0.05) is 49.6 Å². The van der Waals surface area contributed by atoms with Crippen molar-refractivity contribution in [3.05, 3.63) is 55.8 Å². The summed E-state index contributed by atoms with van der Waals surface area (Å²) in [5.41, 5.74) is 0.564. The van der Waals surface area contributed by atoms with Crippen LogP contribution in [0.2, 0.25) is 0 Å². The fraction of sp³-hybridized carbons (Fsp3) is 0.400. The van der Waals surface area contributed by atoms with E-state index in [1.54, 1.807) is 0 Å². The molecule has 1 aromatic rings. The van der Waals surface area contributed by atoms with Crippen LogP contribution in [0.4, 0.5) is 0 Å². The summed E-state index contributed by atoms with van der Waals surface area (Å²) in [4.78, 5) is 0. The second-order valence-electron chi connectivity index (χ2n) is 3.96. The fourth-order valence-electron chi connectivity index (χ4n) is 2.17. The van der Waals surface area contributed by atoms with Crippen molar-refractivity contribution in [3.8, 4) is 0 Å². The maximum atomic E-state index is 10.3. The van der Waals surface area contributed by atoms with Gasteiger partial charge in [0.1, 0.15) is 0 Å². The summed E-state index contributed by atoms with van der Waals surface area (Å²) in [5.74, 6) is 0. The molecule has 1 aliphatic carbocycles. The Bertz CT molecular complexity index is 364. The molecule has 1 saturated carbocycles. The van der Waals surface area contributed by atoms with Crippen LogP contribution in [0.25, 0.3) is 0 Å². The number of rotatable bonds is 1. The zero-order valence-electron chi connectivity index (χ0n) is 11.0. The Labute approximate surface area is 130 Å². The van der Waals surface area contributed by atoms with Gasteiger partial charge >= 0.3 is 33.9 Å². The Hall–Kier alpha value is -1.07. The predicted molar refractivity (Wildman–Crippen MR) is 65.2 cm³/mol. The van der Waals surface area contributed by atoms with Crippen LogP contribution in [-0.4, -0.2) is 5.11 Å². The predicted octanol–water partition coefficient (Wildman–Crippen LogP) is 2.72. The van der Waals surface area contributed by atoms with Gasteiger partial charge in [-0.15, -0.1) is 0 Å². The van der Waals surface area contributed by atoms with Gasteiger partial charge in [-0.05, 0) is 18.4 Å². The average Bonchev–Trinajstić information content (AvgIpc) is 2.55. The zero-order valence-corrected chi connectivity index (χ0v) is 12.3. The summed E-state index contributed by atoms with van der Waals surface area (Å²) in [6, 6.07) is 10.1. The van der Waals surface area contributed by atoms with Crippen molar-refractivity contribution >= 4 is 0 Å². The van der Waals surface area contributed by atoms with E-state index in [4.69, 9.17) is 14.0 Å². The van der Waals surface area contributed by atoms with E-state index in [1.165, 1.54) is 6.42 Å². The summed E-state index contributed by atoms with van der Waals surface area (Å²) in [6.45, 7) is 13.5. The number of hydrogen-bond donors (Lipinski definition) is 1. The Morgan fingerprint density at radius 1 is 0.800 bits per heavy atom. The van der Waals surface area contributed by atoms with Gasteiger partial charge in [0.2, 0.25) is 0 Å². The van der Waals surface area contributed by atoms with Gasteiger partial charge in [0.05, 0.1) is 5.60 Å². The Morgan fingerprint density at radius 2 is 1.20 bits per heavy atom. The van der Waals surface area contributed by atoms with E-state index in [0.29, 0.717) is 0 Å². The van der Waals surface area contributed by atoms with E-state index in [1.807, 2.05) is 30.3 Å². The van der Waals surface area contributed by atoms with Gasteiger partial charge in [0.15, 0.2) is 0 Å². The average molecular weight is 312 g/mol. The minimum absolute atomic E-state index is 0. The van der Waals surface area contributed by atoms with Crippen molar-refractivity contribution in [2.24, 2.45) is 0 Å². The Kier molecular flexibility index (Phi) is 19.2. The monoisotopic (exact) mass is 312 g/mol. The van der Waals surface area contributed by atoms with Gasteiger partial charge < -0.3 is 5.11 Å². The number of aliphatic hydroxyl groups is 1. The third-order valence-corrected chi connectivity index (χ3v) is 2.99. The van der Waals surface area contributed by atoms with Crippen molar-refractivity contribution in [1.82, 2.24) is 0 Å². The first-order valence-corrected chi connectivity index (χ1v) is 5.70. The molecule has 0 unspecified atom stereocenters.